The van der Waals surface area contributed by atoms with Crippen LogP contribution in [0.2, 0.25) is 0 Å². The molecule has 0 bridgehead atoms. The molecule has 2 aromatic rings. The molecule has 1 atom stereocenters. The molecule has 3 nitrogen and oxygen atoms in total. The van der Waals surface area contributed by atoms with E-state index in [-0.39, 0.29) is 0 Å². The lowest BCUT2D eigenvalue weighted by Crippen LogP contribution is -2.22. The Labute approximate surface area is 127 Å². The molecule has 1 saturated carbocycles. The molecular formula is C18H25N3. The van der Waals surface area contributed by atoms with E-state index >= 15 is 0 Å². The zero-order chi connectivity index (χ0) is 14.8. The fraction of sp³-hybridized carbons (Fsp3) is 0.500. The SMILES string of the molecule is Cc1cc(C)n(Cc2ccc(C(C)CNC3CC3)cc2)n1. The Morgan fingerprint density at radius 3 is 2.52 bits per heavy atom. The molecule has 1 aromatic carbocycles. The van der Waals surface area contributed by atoms with Crippen molar-refractivity contribution in [3.63, 3.8) is 0 Å². The minimum atomic E-state index is 0.577. The fourth-order valence-corrected chi connectivity index (χ4v) is 2.71. The van der Waals surface area contributed by atoms with Gasteiger partial charge in [0.15, 0.2) is 0 Å². The van der Waals surface area contributed by atoms with E-state index < -0.39 is 0 Å². The normalized spacial score (nSPS) is 16.1. The molecule has 0 spiro atoms. The number of rotatable bonds is 6. The zero-order valence-corrected chi connectivity index (χ0v) is 13.3. The Morgan fingerprint density at radius 1 is 1.24 bits per heavy atom. The van der Waals surface area contributed by atoms with Gasteiger partial charge >= 0.3 is 0 Å². The van der Waals surface area contributed by atoms with Crippen LogP contribution in [0.4, 0.5) is 0 Å². The topological polar surface area (TPSA) is 29.9 Å². The van der Waals surface area contributed by atoms with Crippen molar-refractivity contribution in [3.05, 3.63) is 52.8 Å². The Hall–Kier alpha value is -1.61. The highest BCUT2D eigenvalue weighted by molar-refractivity contribution is 5.26. The number of hydrogen-bond acceptors (Lipinski definition) is 2. The molecule has 0 amide bonds. The average Bonchev–Trinajstić information content (AvgIpc) is 3.23. The Kier molecular flexibility index (Phi) is 4.11. The first kappa shape index (κ1) is 14.3. The number of aryl methyl sites for hydroxylation is 2. The third-order valence-electron chi connectivity index (χ3n) is 4.27. The smallest absolute Gasteiger partial charge is 0.0662 e. The quantitative estimate of drug-likeness (QED) is 0.880. The Bertz CT molecular complexity index is 593. The van der Waals surface area contributed by atoms with Crippen molar-refractivity contribution in [3.8, 4) is 0 Å². The summed E-state index contributed by atoms with van der Waals surface area (Å²) >= 11 is 0. The summed E-state index contributed by atoms with van der Waals surface area (Å²) in [7, 11) is 0. The maximum atomic E-state index is 4.53. The van der Waals surface area contributed by atoms with Gasteiger partial charge in [-0.3, -0.25) is 4.68 Å². The van der Waals surface area contributed by atoms with Gasteiger partial charge in [-0.05, 0) is 49.8 Å². The second-order valence-corrected chi connectivity index (χ2v) is 6.41. The van der Waals surface area contributed by atoms with Crippen molar-refractivity contribution in [2.45, 2.75) is 52.1 Å². The third-order valence-corrected chi connectivity index (χ3v) is 4.27. The second kappa shape index (κ2) is 6.02. The maximum Gasteiger partial charge on any atom is 0.0662 e. The van der Waals surface area contributed by atoms with Gasteiger partial charge < -0.3 is 5.32 Å². The van der Waals surface area contributed by atoms with Gasteiger partial charge in [0, 0.05) is 18.3 Å². The summed E-state index contributed by atoms with van der Waals surface area (Å²) < 4.78 is 2.07. The van der Waals surface area contributed by atoms with Gasteiger partial charge in [0.05, 0.1) is 12.2 Å². The molecule has 1 heterocycles. The first-order valence-corrected chi connectivity index (χ1v) is 7.95. The Balaban J connectivity index is 1.61. The van der Waals surface area contributed by atoms with Gasteiger partial charge in [0.25, 0.3) is 0 Å². The molecule has 1 fully saturated rings. The predicted molar refractivity (Wildman–Crippen MR) is 86.7 cm³/mol. The Morgan fingerprint density at radius 2 is 1.95 bits per heavy atom. The predicted octanol–water partition coefficient (Wildman–Crippen LogP) is 3.40. The molecule has 0 radical (unpaired) electrons. The second-order valence-electron chi connectivity index (χ2n) is 6.41. The number of benzene rings is 1. The van der Waals surface area contributed by atoms with Crippen LogP contribution in [0.3, 0.4) is 0 Å². The highest BCUT2D eigenvalue weighted by atomic mass is 15.3. The van der Waals surface area contributed by atoms with E-state index in [4.69, 9.17) is 0 Å². The summed E-state index contributed by atoms with van der Waals surface area (Å²) in [5.74, 6) is 0.577. The molecule has 1 aliphatic rings. The highest BCUT2D eigenvalue weighted by Gasteiger charge is 2.21. The number of nitrogens with zero attached hydrogens (tertiary/aromatic N) is 2. The molecule has 21 heavy (non-hydrogen) atoms. The number of hydrogen-bond donors (Lipinski definition) is 1. The summed E-state index contributed by atoms with van der Waals surface area (Å²) in [6, 6.07) is 11.9. The molecule has 1 aliphatic carbocycles. The van der Waals surface area contributed by atoms with E-state index in [0.717, 1.165) is 24.8 Å². The number of nitrogens with one attached hydrogen (secondary N) is 1. The molecule has 1 aromatic heterocycles. The fourth-order valence-electron chi connectivity index (χ4n) is 2.71. The standard InChI is InChI=1S/C18H25N3/c1-13(11-19-18-8-9-18)17-6-4-16(5-7-17)12-21-15(3)10-14(2)20-21/h4-7,10,13,18-19H,8-9,11-12H2,1-3H3. The van der Waals surface area contributed by atoms with Gasteiger partial charge in [-0.25, -0.2) is 0 Å². The summed E-state index contributed by atoms with van der Waals surface area (Å²) in [6.45, 7) is 8.39. The van der Waals surface area contributed by atoms with Crippen molar-refractivity contribution < 1.29 is 0 Å². The van der Waals surface area contributed by atoms with Crippen LogP contribution in [-0.2, 0) is 6.54 Å². The summed E-state index contributed by atoms with van der Waals surface area (Å²) in [6.07, 6.45) is 2.71. The summed E-state index contributed by atoms with van der Waals surface area (Å²) in [5.41, 5.74) is 5.04. The van der Waals surface area contributed by atoms with Crippen LogP contribution < -0.4 is 5.32 Å². The lowest BCUT2D eigenvalue weighted by atomic mass is 10.00. The zero-order valence-electron chi connectivity index (χ0n) is 13.3. The highest BCUT2D eigenvalue weighted by Crippen LogP contribution is 2.21. The van der Waals surface area contributed by atoms with Crippen LogP contribution in [0.5, 0.6) is 0 Å². The van der Waals surface area contributed by atoms with Crippen LogP contribution in [-0.4, -0.2) is 22.4 Å². The van der Waals surface area contributed by atoms with Crippen LogP contribution in [0, 0.1) is 13.8 Å². The molecule has 112 valence electrons. The van der Waals surface area contributed by atoms with Gasteiger partial charge in [-0.2, -0.15) is 5.10 Å². The lowest BCUT2D eigenvalue weighted by Gasteiger charge is -2.13. The van der Waals surface area contributed by atoms with Crippen LogP contribution in [0.15, 0.2) is 30.3 Å². The van der Waals surface area contributed by atoms with Crippen molar-refractivity contribution in [2.24, 2.45) is 0 Å². The van der Waals surface area contributed by atoms with Crippen molar-refractivity contribution >= 4 is 0 Å². The number of aromatic nitrogens is 2. The van der Waals surface area contributed by atoms with Crippen LogP contribution in [0.1, 0.15) is 48.2 Å². The van der Waals surface area contributed by atoms with Crippen LogP contribution in [0.25, 0.3) is 0 Å². The molecule has 0 aliphatic heterocycles. The van der Waals surface area contributed by atoms with E-state index in [1.54, 1.807) is 0 Å². The monoisotopic (exact) mass is 283 g/mol. The minimum absolute atomic E-state index is 0.577. The van der Waals surface area contributed by atoms with Crippen molar-refractivity contribution in [1.29, 1.82) is 0 Å². The van der Waals surface area contributed by atoms with Gasteiger partial charge in [-0.1, -0.05) is 31.2 Å². The molecule has 0 saturated heterocycles. The maximum absolute atomic E-state index is 4.53. The van der Waals surface area contributed by atoms with E-state index in [0.29, 0.717) is 5.92 Å². The van der Waals surface area contributed by atoms with E-state index in [9.17, 15) is 0 Å². The molecule has 3 heteroatoms. The summed E-state index contributed by atoms with van der Waals surface area (Å²) in [4.78, 5) is 0. The van der Waals surface area contributed by atoms with E-state index in [2.05, 4.69) is 59.3 Å². The molecular weight excluding hydrogens is 258 g/mol. The molecule has 1 unspecified atom stereocenters. The minimum Gasteiger partial charge on any atom is -0.313 e. The average molecular weight is 283 g/mol. The third kappa shape index (κ3) is 3.73. The van der Waals surface area contributed by atoms with Crippen molar-refractivity contribution in [1.82, 2.24) is 15.1 Å². The van der Waals surface area contributed by atoms with Gasteiger partial charge in [0.2, 0.25) is 0 Å². The van der Waals surface area contributed by atoms with Gasteiger partial charge in [0.1, 0.15) is 0 Å². The van der Waals surface area contributed by atoms with Crippen molar-refractivity contribution in [2.75, 3.05) is 6.54 Å². The van der Waals surface area contributed by atoms with Gasteiger partial charge in [-0.15, -0.1) is 0 Å². The largest absolute Gasteiger partial charge is 0.313 e. The summed E-state index contributed by atoms with van der Waals surface area (Å²) in [5, 5.41) is 8.13. The van der Waals surface area contributed by atoms with E-state index in [1.165, 1.54) is 29.7 Å². The first-order valence-electron chi connectivity index (χ1n) is 7.95. The van der Waals surface area contributed by atoms with E-state index in [1.807, 2.05) is 6.92 Å². The molecule has 1 N–H and O–H groups in total. The first-order chi connectivity index (χ1) is 10.1. The molecule has 3 rings (SSSR count). The lowest BCUT2D eigenvalue weighted by molar-refractivity contribution is 0.611. The van der Waals surface area contributed by atoms with Crippen LogP contribution >= 0.6 is 0 Å².